The molecule has 0 unspecified atom stereocenters. The number of aliphatic hydroxyl groups is 1. The van der Waals surface area contributed by atoms with Crippen molar-refractivity contribution in [1.29, 1.82) is 0 Å². The monoisotopic (exact) mass is 300 g/mol. The van der Waals surface area contributed by atoms with Gasteiger partial charge in [0.05, 0.1) is 19.8 Å². The average molecular weight is 301 g/mol. The smallest absolute Gasteiger partial charge is 0.142 e. The number of ether oxygens (including phenoxy) is 2. The van der Waals surface area contributed by atoms with E-state index in [1.54, 1.807) is 14.2 Å². The summed E-state index contributed by atoms with van der Waals surface area (Å²) in [4.78, 5) is 0. The molecule has 1 saturated carbocycles. The van der Waals surface area contributed by atoms with Gasteiger partial charge in [0.1, 0.15) is 16.0 Å². The Morgan fingerprint density at radius 3 is 2.41 bits per heavy atom. The fourth-order valence-electron chi connectivity index (χ4n) is 2.57. The molecule has 1 fully saturated rings. The van der Waals surface area contributed by atoms with Crippen molar-refractivity contribution in [3.63, 3.8) is 0 Å². The van der Waals surface area contributed by atoms with E-state index in [9.17, 15) is 5.11 Å². The lowest BCUT2D eigenvalue weighted by Gasteiger charge is -2.43. The number of halogens is 1. The van der Waals surface area contributed by atoms with Crippen LogP contribution in [0, 0.1) is 5.92 Å². The highest BCUT2D eigenvalue weighted by molar-refractivity contribution is 9.10. The van der Waals surface area contributed by atoms with Gasteiger partial charge in [-0.1, -0.05) is 6.92 Å². The Morgan fingerprint density at radius 2 is 1.94 bits per heavy atom. The van der Waals surface area contributed by atoms with Crippen molar-refractivity contribution < 1.29 is 14.6 Å². The molecular formula is C13H17BrO3. The Hall–Kier alpha value is -0.740. The van der Waals surface area contributed by atoms with E-state index in [0.717, 1.165) is 22.9 Å². The lowest BCUT2D eigenvalue weighted by Crippen LogP contribution is -2.40. The standard InChI is InChI=1S/C13H17BrO3/c1-8-6-13(15,7-8)9-4-5-10(16-2)11(14)12(9)17-3/h4-5,8,15H,6-7H2,1-3H3. The number of benzene rings is 1. The quantitative estimate of drug-likeness (QED) is 0.932. The largest absolute Gasteiger partial charge is 0.495 e. The Balaban J connectivity index is 2.45. The second kappa shape index (κ2) is 4.50. The zero-order chi connectivity index (χ0) is 12.6. The van der Waals surface area contributed by atoms with Crippen LogP contribution in [0.15, 0.2) is 16.6 Å². The highest BCUT2D eigenvalue weighted by atomic mass is 79.9. The van der Waals surface area contributed by atoms with Crippen LogP contribution in [-0.2, 0) is 5.60 Å². The van der Waals surface area contributed by atoms with Crippen molar-refractivity contribution in [3.05, 3.63) is 22.2 Å². The second-order valence-corrected chi connectivity index (χ2v) is 5.50. The molecule has 0 spiro atoms. The van der Waals surface area contributed by atoms with Gasteiger partial charge in [0, 0.05) is 5.56 Å². The molecule has 0 saturated heterocycles. The maximum absolute atomic E-state index is 10.5. The van der Waals surface area contributed by atoms with E-state index in [4.69, 9.17) is 9.47 Å². The first-order chi connectivity index (χ1) is 8.01. The van der Waals surface area contributed by atoms with Crippen molar-refractivity contribution in [2.75, 3.05) is 14.2 Å². The second-order valence-electron chi connectivity index (χ2n) is 4.71. The maximum Gasteiger partial charge on any atom is 0.142 e. The molecule has 1 aromatic carbocycles. The van der Waals surface area contributed by atoms with Crippen molar-refractivity contribution in [1.82, 2.24) is 0 Å². The van der Waals surface area contributed by atoms with E-state index in [2.05, 4.69) is 22.9 Å². The maximum atomic E-state index is 10.5. The van der Waals surface area contributed by atoms with Gasteiger partial charge >= 0.3 is 0 Å². The first-order valence-corrected chi connectivity index (χ1v) is 6.44. The summed E-state index contributed by atoms with van der Waals surface area (Å²) < 4.78 is 11.4. The number of rotatable bonds is 3. The lowest BCUT2D eigenvalue weighted by atomic mass is 9.68. The third-order valence-electron chi connectivity index (χ3n) is 3.36. The molecule has 0 bridgehead atoms. The van der Waals surface area contributed by atoms with Crippen LogP contribution in [0.1, 0.15) is 25.3 Å². The zero-order valence-electron chi connectivity index (χ0n) is 10.3. The van der Waals surface area contributed by atoms with Crippen LogP contribution in [0.25, 0.3) is 0 Å². The molecule has 0 atom stereocenters. The van der Waals surface area contributed by atoms with Gasteiger partial charge in [-0.15, -0.1) is 0 Å². The minimum Gasteiger partial charge on any atom is -0.495 e. The van der Waals surface area contributed by atoms with Crippen LogP contribution in [0.2, 0.25) is 0 Å². The number of hydrogen-bond acceptors (Lipinski definition) is 3. The minimum atomic E-state index is -0.750. The first kappa shape index (κ1) is 12.7. The Bertz CT molecular complexity index is 425. The molecule has 1 aromatic rings. The van der Waals surface area contributed by atoms with Crippen molar-refractivity contribution in [2.45, 2.75) is 25.4 Å². The van der Waals surface area contributed by atoms with E-state index in [1.807, 2.05) is 12.1 Å². The SMILES string of the molecule is COc1ccc(C2(O)CC(C)C2)c(OC)c1Br. The summed E-state index contributed by atoms with van der Waals surface area (Å²) in [6.07, 6.45) is 1.56. The van der Waals surface area contributed by atoms with E-state index in [1.165, 1.54) is 0 Å². The highest BCUT2D eigenvalue weighted by Crippen LogP contribution is 2.51. The molecule has 4 heteroatoms. The zero-order valence-corrected chi connectivity index (χ0v) is 11.9. The van der Waals surface area contributed by atoms with Gasteiger partial charge in [-0.05, 0) is 46.8 Å². The molecule has 1 aliphatic rings. The molecule has 3 nitrogen and oxygen atoms in total. The third kappa shape index (κ3) is 2.04. The molecule has 0 radical (unpaired) electrons. The van der Waals surface area contributed by atoms with Gasteiger partial charge in [-0.2, -0.15) is 0 Å². The summed E-state index contributed by atoms with van der Waals surface area (Å²) in [5.74, 6) is 1.94. The highest BCUT2D eigenvalue weighted by Gasteiger charge is 2.44. The summed E-state index contributed by atoms with van der Waals surface area (Å²) in [5.41, 5.74) is 0.0882. The van der Waals surface area contributed by atoms with Gasteiger partial charge in [0.25, 0.3) is 0 Å². The van der Waals surface area contributed by atoms with Crippen LogP contribution < -0.4 is 9.47 Å². The molecule has 2 rings (SSSR count). The van der Waals surface area contributed by atoms with E-state index >= 15 is 0 Å². The van der Waals surface area contributed by atoms with E-state index in [0.29, 0.717) is 17.4 Å². The normalized spacial score (nSPS) is 27.5. The molecule has 0 heterocycles. The molecule has 94 valence electrons. The molecule has 1 aliphatic carbocycles. The van der Waals surface area contributed by atoms with Gasteiger partial charge in [-0.25, -0.2) is 0 Å². The van der Waals surface area contributed by atoms with Crippen molar-refractivity contribution in [2.24, 2.45) is 5.92 Å². The molecule has 0 aliphatic heterocycles. The molecule has 1 N–H and O–H groups in total. The van der Waals surface area contributed by atoms with Crippen molar-refractivity contribution >= 4 is 15.9 Å². The predicted octanol–water partition coefficient (Wildman–Crippen LogP) is 3.08. The van der Waals surface area contributed by atoms with Crippen LogP contribution in [-0.4, -0.2) is 19.3 Å². The Kier molecular flexibility index (Phi) is 3.36. The Labute approximate surface area is 110 Å². The fourth-order valence-corrected chi connectivity index (χ4v) is 3.24. The van der Waals surface area contributed by atoms with E-state index in [-0.39, 0.29) is 0 Å². The Morgan fingerprint density at radius 1 is 1.29 bits per heavy atom. The molecule has 0 aromatic heterocycles. The van der Waals surface area contributed by atoms with Crippen LogP contribution in [0.3, 0.4) is 0 Å². The summed E-state index contributed by atoms with van der Waals surface area (Å²) in [6.45, 7) is 2.14. The topological polar surface area (TPSA) is 38.7 Å². The number of hydrogen-bond donors (Lipinski definition) is 1. The molecule has 0 amide bonds. The van der Waals surface area contributed by atoms with Gasteiger partial charge < -0.3 is 14.6 Å². The van der Waals surface area contributed by atoms with Crippen LogP contribution in [0.4, 0.5) is 0 Å². The van der Waals surface area contributed by atoms with Gasteiger partial charge in [-0.3, -0.25) is 0 Å². The van der Waals surface area contributed by atoms with E-state index < -0.39 is 5.60 Å². The average Bonchev–Trinajstić information content (AvgIpc) is 2.26. The third-order valence-corrected chi connectivity index (χ3v) is 4.11. The molecule has 17 heavy (non-hydrogen) atoms. The first-order valence-electron chi connectivity index (χ1n) is 5.65. The lowest BCUT2D eigenvalue weighted by molar-refractivity contribution is -0.0752. The minimum absolute atomic E-state index is 0.561. The van der Waals surface area contributed by atoms with Gasteiger partial charge in [0.2, 0.25) is 0 Å². The summed E-state index contributed by atoms with van der Waals surface area (Å²) in [6, 6.07) is 3.73. The number of methoxy groups -OCH3 is 2. The van der Waals surface area contributed by atoms with Crippen LogP contribution in [0.5, 0.6) is 11.5 Å². The fraction of sp³-hybridized carbons (Fsp3) is 0.538. The predicted molar refractivity (Wildman–Crippen MR) is 69.5 cm³/mol. The summed E-state index contributed by atoms with van der Waals surface area (Å²) >= 11 is 3.45. The van der Waals surface area contributed by atoms with Crippen LogP contribution >= 0.6 is 15.9 Å². The van der Waals surface area contributed by atoms with Crippen molar-refractivity contribution in [3.8, 4) is 11.5 Å². The van der Waals surface area contributed by atoms with Gasteiger partial charge in [0.15, 0.2) is 0 Å². The molecular weight excluding hydrogens is 284 g/mol. The summed E-state index contributed by atoms with van der Waals surface area (Å²) in [7, 11) is 3.22. The summed E-state index contributed by atoms with van der Waals surface area (Å²) in [5, 5.41) is 10.5.